The molecular formula is C30H36N2O3. The minimum atomic E-state index is 0.0693. The van der Waals surface area contributed by atoms with Crippen LogP contribution in [0.4, 0.5) is 5.69 Å². The van der Waals surface area contributed by atoms with E-state index in [9.17, 15) is 4.79 Å². The van der Waals surface area contributed by atoms with E-state index in [0.717, 1.165) is 67.3 Å². The van der Waals surface area contributed by atoms with Crippen molar-refractivity contribution in [1.82, 2.24) is 4.90 Å². The molecule has 2 aromatic carbocycles. The summed E-state index contributed by atoms with van der Waals surface area (Å²) < 4.78 is 12.1. The van der Waals surface area contributed by atoms with Crippen molar-refractivity contribution in [2.75, 3.05) is 37.7 Å². The molecule has 5 nitrogen and oxygen atoms in total. The van der Waals surface area contributed by atoms with Crippen molar-refractivity contribution in [3.63, 3.8) is 0 Å². The first-order chi connectivity index (χ1) is 16.9. The van der Waals surface area contributed by atoms with Gasteiger partial charge in [-0.15, -0.1) is 0 Å². The summed E-state index contributed by atoms with van der Waals surface area (Å²) in [6.07, 6.45) is 6.23. The van der Waals surface area contributed by atoms with Gasteiger partial charge in [-0.05, 0) is 75.8 Å². The van der Waals surface area contributed by atoms with Crippen LogP contribution in [-0.2, 0) is 17.6 Å². The molecule has 35 heavy (non-hydrogen) atoms. The fourth-order valence-electron chi connectivity index (χ4n) is 5.45. The van der Waals surface area contributed by atoms with Crippen molar-refractivity contribution >= 4 is 28.1 Å². The second-order valence-corrected chi connectivity index (χ2v) is 9.92. The molecule has 1 fully saturated rings. The van der Waals surface area contributed by atoms with Gasteiger partial charge < -0.3 is 19.0 Å². The molecule has 5 heteroatoms. The van der Waals surface area contributed by atoms with E-state index in [1.54, 1.807) is 6.08 Å². The molecule has 0 spiro atoms. The van der Waals surface area contributed by atoms with E-state index >= 15 is 0 Å². The molecule has 0 saturated carbocycles. The topological polar surface area (TPSA) is 45.9 Å². The molecule has 2 aliphatic rings. The van der Waals surface area contributed by atoms with Crippen molar-refractivity contribution in [2.24, 2.45) is 0 Å². The van der Waals surface area contributed by atoms with E-state index in [1.165, 1.54) is 40.6 Å². The minimum Gasteiger partial charge on any atom is -0.493 e. The Balaban J connectivity index is 1.36. The number of nitrogens with zero attached hydrogens (tertiary/aromatic N) is 2. The minimum absolute atomic E-state index is 0.0693. The highest BCUT2D eigenvalue weighted by Crippen LogP contribution is 2.38. The second-order valence-electron chi connectivity index (χ2n) is 9.92. The Morgan fingerprint density at radius 1 is 1.06 bits per heavy atom. The van der Waals surface area contributed by atoms with Crippen LogP contribution in [-0.4, -0.2) is 43.6 Å². The van der Waals surface area contributed by atoms with E-state index in [4.69, 9.17) is 9.15 Å². The molecular weight excluding hydrogens is 436 g/mol. The first-order valence-electron chi connectivity index (χ1n) is 13.0. The van der Waals surface area contributed by atoms with Crippen LogP contribution >= 0.6 is 0 Å². The maximum Gasteiger partial charge on any atom is 0.246 e. The maximum atomic E-state index is 13.2. The maximum absolute atomic E-state index is 13.2. The quantitative estimate of drug-likeness (QED) is 0.422. The summed E-state index contributed by atoms with van der Waals surface area (Å²) in [6.45, 7) is 12.0. The normalized spacial score (nSPS) is 16.5. The number of hydrogen-bond donors (Lipinski definition) is 0. The third-order valence-electron chi connectivity index (χ3n) is 7.42. The van der Waals surface area contributed by atoms with Crippen LogP contribution < -0.4 is 9.64 Å². The van der Waals surface area contributed by atoms with Crippen LogP contribution in [0, 0.1) is 13.8 Å². The molecule has 0 unspecified atom stereocenters. The van der Waals surface area contributed by atoms with Gasteiger partial charge in [0.05, 0.1) is 6.61 Å². The number of ether oxygens (including phenoxy) is 1. The van der Waals surface area contributed by atoms with E-state index < -0.39 is 0 Å². The number of anilines is 1. The Labute approximate surface area is 208 Å². The molecule has 2 heterocycles. The average Bonchev–Trinajstić information content (AvgIpc) is 3.22. The molecule has 1 saturated heterocycles. The summed E-state index contributed by atoms with van der Waals surface area (Å²) >= 11 is 0. The molecule has 5 rings (SSSR count). The molecule has 0 radical (unpaired) electrons. The number of amides is 1. The summed E-state index contributed by atoms with van der Waals surface area (Å²) in [6, 6.07) is 10.8. The second kappa shape index (κ2) is 9.80. The van der Waals surface area contributed by atoms with Gasteiger partial charge >= 0.3 is 0 Å². The van der Waals surface area contributed by atoms with Gasteiger partial charge in [0, 0.05) is 66.9 Å². The van der Waals surface area contributed by atoms with Crippen LogP contribution in [0.1, 0.15) is 54.7 Å². The van der Waals surface area contributed by atoms with Crippen LogP contribution in [0.3, 0.4) is 0 Å². The van der Waals surface area contributed by atoms with Gasteiger partial charge in [0.1, 0.15) is 17.1 Å². The summed E-state index contributed by atoms with van der Waals surface area (Å²) in [5.74, 6) is 1.97. The number of furan rings is 1. The average molecular weight is 473 g/mol. The number of hydrogen-bond acceptors (Lipinski definition) is 4. The number of allylic oxidation sites excluding steroid dienone is 1. The predicted octanol–water partition coefficient (Wildman–Crippen LogP) is 6.08. The summed E-state index contributed by atoms with van der Waals surface area (Å²) in [7, 11) is 0. The number of piperazine rings is 1. The highest BCUT2D eigenvalue weighted by molar-refractivity contribution is 5.97. The Morgan fingerprint density at radius 3 is 2.60 bits per heavy atom. The molecule has 0 N–H and O–H groups in total. The molecule has 0 atom stereocenters. The highest BCUT2D eigenvalue weighted by Gasteiger charge is 2.23. The summed E-state index contributed by atoms with van der Waals surface area (Å²) in [5, 5.41) is 1.17. The van der Waals surface area contributed by atoms with Crippen molar-refractivity contribution in [2.45, 2.75) is 53.4 Å². The lowest BCUT2D eigenvalue weighted by Crippen LogP contribution is -2.48. The van der Waals surface area contributed by atoms with Crippen molar-refractivity contribution < 1.29 is 13.9 Å². The highest BCUT2D eigenvalue weighted by atomic mass is 16.5. The van der Waals surface area contributed by atoms with Gasteiger partial charge in [-0.25, -0.2) is 0 Å². The lowest BCUT2D eigenvalue weighted by molar-refractivity contribution is -0.126. The molecule has 1 amide bonds. The first-order valence-corrected chi connectivity index (χ1v) is 13.0. The van der Waals surface area contributed by atoms with Gasteiger partial charge in [0.25, 0.3) is 0 Å². The number of fused-ring (bicyclic) bond motifs is 3. The molecule has 0 bridgehead atoms. The third kappa shape index (κ3) is 4.69. The van der Waals surface area contributed by atoms with Crippen LogP contribution in [0.2, 0.25) is 0 Å². The van der Waals surface area contributed by atoms with Crippen molar-refractivity contribution in [3.8, 4) is 5.75 Å². The standard InChI is InChI=1S/C30H36N2O3/c1-5-34-28-19-29-25(23-8-6-7-9-27(23)35-29)18-24(28)22(4)17-30(33)32-14-12-31(13-15-32)26-16-20(2)10-11-21(26)3/h10-11,16-19H,5-9,12-15H2,1-4H3/b22-17+. The smallest absolute Gasteiger partial charge is 0.246 e. The zero-order chi connectivity index (χ0) is 24.5. The Hall–Kier alpha value is -3.21. The summed E-state index contributed by atoms with van der Waals surface area (Å²) in [5.41, 5.74) is 7.97. The summed E-state index contributed by atoms with van der Waals surface area (Å²) in [4.78, 5) is 17.6. The number of carbonyl (C=O) groups excluding carboxylic acids is 1. The predicted molar refractivity (Wildman–Crippen MR) is 142 cm³/mol. The van der Waals surface area contributed by atoms with Crippen molar-refractivity contribution in [3.05, 3.63) is 64.4 Å². The van der Waals surface area contributed by atoms with Gasteiger partial charge in [0.15, 0.2) is 0 Å². The molecule has 1 aliphatic heterocycles. The largest absolute Gasteiger partial charge is 0.493 e. The van der Waals surface area contributed by atoms with Gasteiger partial charge in [0.2, 0.25) is 5.91 Å². The monoisotopic (exact) mass is 472 g/mol. The van der Waals surface area contributed by atoms with Crippen LogP contribution in [0.15, 0.2) is 40.8 Å². The van der Waals surface area contributed by atoms with Gasteiger partial charge in [-0.2, -0.15) is 0 Å². The fourth-order valence-corrected chi connectivity index (χ4v) is 5.45. The molecule has 1 aromatic heterocycles. The fraction of sp³-hybridized carbons (Fsp3) is 0.433. The van der Waals surface area contributed by atoms with E-state index in [2.05, 4.69) is 43.0 Å². The lowest BCUT2D eigenvalue weighted by atomic mass is 9.94. The van der Waals surface area contributed by atoms with Gasteiger partial charge in [-0.1, -0.05) is 12.1 Å². The number of rotatable bonds is 5. The first kappa shape index (κ1) is 23.5. The van der Waals surface area contributed by atoms with E-state index in [1.807, 2.05) is 24.8 Å². The zero-order valence-electron chi connectivity index (χ0n) is 21.4. The lowest BCUT2D eigenvalue weighted by Gasteiger charge is -2.36. The van der Waals surface area contributed by atoms with Crippen LogP contribution in [0.5, 0.6) is 5.75 Å². The Kier molecular flexibility index (Phi) is 6.59. The van der Waals surface area contributed by atoms with Crippen molar-refractivity contribution in [1.29, 1.82) is 0 Å². The number of aryl methyl sites for hydroxylation is 4. The number of benzene rings is 2. The van der Waals surface area contributed by atoms with E-state index in [0.29, 0.717) is 6.61 Å². The van der Waals surface area contributed by atoms with E-state index in [-0.39, 0.29) is 5.91 Å². The Morgan fingerprint density at radius 2 is 1.83 bits per heavy atom. The van der Waals surface area contributed by atoms with Gasteiger partial charge in [-0.3, -0.25) is 4.79 Å². The third-order valence-corrected chi connectivity index (χ3v) is 7.42. The molecule has 1 aliphatic carbocycles. The molecule has 3 aromatic rings. The Bertz CT molecular complexity index is 1280. The number of carbonyl (C=O) groups is 1. The SMILES string of the molecule is CCOc1cc2oc3c(c2cc1/C(C)=C/C(=O)N1CCN(c2cc(C)ccc2C)CC1)CCCC3. The van der Waals surface area contributed by atoms with Crippen LogP contribution in [0.25, 0.3) is 16.5 Å². The zero-order valence-corrected chi connectivity index (χ0v) is 21.4. The molecule has 184 valence electrons.